The lowest BCUT2D eigenvalue weighted by molar-refractivity contribution is 0.282. The van der Waals surface area contributed by atoms with Gasteiger partial charge in [0.1, 0.15) is 0 Å². The van der Waals surface area contributed by atoms with Crippen LogP contribution in [0.5, 0.6) is 0 Å². The summed E-state index contributed by atoms with van der Waals surface area (Å²) >= 11 is 1.93. The first kappa shape index (κ1) is 11.8. The van der Waals surface area contributed by atoms with Crippen LogP contribution in [0.15, 0.2) is 17.0 Å². The molecular formula is C13H19NOS. The summed E-state index contributed by atoms with van der Waals surface area (Å²) in [7, 11) is 0. The molecule has 3 heteroatoms. The Hall–Kier alpha value is -0.670. The molecule has 16 heavy (non-hydrogen) atoms. The van der Waals surface area contributed by atoms with Crippen molar-refractivity contribution in [3.8, 4) is 0 Å². The van der Waals surface area contributed by atoms with Crippen LogP contribution in [0, 0.1) is 13.8 Å². The number of benzene rings is 1. The molecule has 1 heterocycles. The number of nitrogens with one attached hydrogen (secondary N) is 1. The van der Waals surface area contributed by atoms with Crippen molar-refractivity contribution in [2.75, 3.05) is 17.7 Å². The van der Waals surface area contributed by atoms with Gasteiger partial charge in [0.25, 0.3) is 0 Å². The van der Waals surface area contributed by atoms with Gasteiger partial charge < -0.3 is 10.4 Å². The maximum absolute atomic E-state index is 8.84. The van der Waals surface area contributed by atoms with E-state index in [-0.39, 0.29) is 0 Å². The highest BCUT2D eigenvalue weighted by Crippen LogP contribution is 2.35. The SMILES string of the molecule is Cc1cc2c(cc1C)SCC(CCCO)N2. The molecule has 1 aromatic rings. The summed E-state index contributed by atoms with van der Waals surface area (Å²) in [5, 5.41) is 12.4. The van der Waals surface area contributed by atoms with Crippen molar-refractivity contribution in [1.82, 2.24) is 0 Å². The van der Waals surface area contributed by atoms with Crippen molar-refractivity contribution >= 4 is 17.4 Å². The second-order valence-corrected chi connectivity index (χ2v) is 5.51. The Morgan fingerprint density at radius 3 is 2.88 bits per heavy atom. The van der Waals surface area contributed by atoms with Crippen molar-refractivity contribution < 1.29 is 5.11 Å². The molecule has 0 radical (unpaired) electrons. The molecule has 0 fully saturated rings. The summed E-state index contributed by atoms with van der Waals surface area (Å²) in [6, 6.07) is 5.01. The molecular weight excluding hydrogens is 218 g/mol. The molecule has 0 saturated heterocycles. The number of aliphatic hydroxyl groups excluding tert-OH is 1. The zero-order chi connectivity index (χ0) is 11.5. The van der Waals surface area contributed by atoms with E-state index in [0.29, 0.717) is 12.6 Å². The molecule has 0 spiro atoms. The van der Waals surface area contributed by atoms with Crippen LogP contribution in [-0.4, -0.2) is 23.5 Å². The van der Waals surface area contributed by atoms with Crippen LogP contribution in [0.2, 0.25) is 0 Å². The van der Waals surface area contributed by atoms with Gasteiger partial charge in [-0.3, -0.25) is 0 Å². The number of hydrogen-bond donors (Lipinski definition) is 2. The Labute approximate surface area is 101 Å². The number of anilines is 1. The first-order valence-corrected chi connectivity index (χ1v) is 6.80. The number of hydrogen-bond acceptors (Lipinski definition) is 3. The molecule has 1 aliphatic heterocycles. The minimum Gasteiger partial charge on any atom is -0.396 e. The molecule has 1 aromatic carbocycles. The third-order valence-electron chi connectivity index (χ3n) is 3.11. The Kier molecular flexibility index (Phi) is 3.77. The highest BCUT2D eigenvalue weighted by Gasteiger charge is 2.18. The maximum atomic E-state index is 8.84. The standard InChI is InChI=1S/C13H19NOS/c1-9-6-12-13(7-10(9)2)16-8-11(14-12)4-3-5-15/h6-7,11,14-15H,3-5,8H2,1-2H3. The van der Waals surface area contributed by atoms with Crippen LogP contribution in [0.4, 0.5) is 5.69 Å². The smallest absolute Gasteiger partial charge is 0.0483 e. The van der Waals surface area contributed by atoms with Gasteiger partial charge in [-0.25, -0.2) is 0 Å². The summed E-state index contributed by atoms with van der Waals surface area (Å²) in [5.74, 6) is 1.11. The van der Waals surface area contributed by atoms with Gasteiger partial charge in [0, 0.05) is 29.0 Å². The molecule has 88 valence electrons. The fraction of sp³-hybridized carbons (Fsp3) is 0.538. The van der Waals surface area contributed by atoms with E-state index in [1.165, 1.54) is 21.7 Å². The summed E-state index contributed by atoms with van der Waals surface area (Å²) in [6.45, 7) is 4.61. The van der Waals surface area contributed by atoms with E-state index >= 15 is 0 Å². The predicted molar refractivity (Wildman–Crippen MR) is 70.4 cm³/mol. The van der Waals surface area contributed by atoms with Gasteiger partial charge in [0.05, 0.1) is 0 Å². The Balaban J connectivity index is 2.11. The minimum absolute atomic E-state index is 0.294. The van der Waals surface area contributed by atoms with Gasteiger partial charge in [0.15, 0.2) is 0 Å². The predicted octanol–water partition coefficient (Wildman–Crippen LogP) is 2.96. The minimum atomic E-state index is 0.294. The highest BCUT2D eigenvalue weighted by atomic mass is 32.2. The number of thioether (sulfide) groups is 1. The van der Waals surface area contributed by atoms with Gasteiger partial charge in [-0.1, -0.05) is 0 Å². The first-order valence-electron chi connectivity index (χ1n) is 5.82. The number of rotatable bonds is 3. The molecule has 0 amide bonds. The lowest BCUT2D eigenvalue weighted by Crippen LogP contribution is -2.26. The van der Waals surface area contributed by atoms with Gasteiger partial charge in [-0.2, -0.15) is 0 Å². The van der Waals surface area contributed by atoms with Crippen molar-refractivity contribution in [2.45, 2.75) is 37.6 Å². The van der Waals surface area contributed by atoms with Crippen molar-refractivity contribution in [3.05, 3.63) is 23.3 Å². The molecule has 0 saturated carbocycles. The quantitative estimate of drug-likeness (QED) is 0.847. The Morgan fingerprint density at radius 1 is 1.38 bits per heavy atom. The second-order valence-electron chi connectivity index (χ2n) is 4.45. The van der Waals surface area contributed by atoms with Gasteiger partial charge in [0.2, 0.25) is 0 Å². The van der Waals surface area contributed by atoms with Crippen molar-refractivity contribution in [2.24, 2.45) is 0 Å². The van der Waals surface area contributed by atoms with Crippen LogP contribution in [0.1, 0.15) is 24.0 Å². The molecule has 2 N–H and O–H groups in total. The summed E-state index contributed by atoms with van der Waals surface area (Å²) in [5.41, 5.74) is 3.97. The van der Waals surface area contributed by atoms with E-state index in [1.54, 1.807) is 0 Å². The largest absolute Gasteiger partial charge is 0.396 e. The van der Waals surface area contributed by atoms with E-state index in [1.807, 2.05) is 11.8 Å². The zero-order valence-electron chi connectivity index (χ0n) is 9.92. The van der Waals surface area contributed by atoms with Gasteiger partial charge in [-0.15, -0.1) is 11.8 Å². The summed E-state index contributed by atoms with van der Waals surface area (Å²) in [4.78, 5) is 1.36. The molecule has 0 aromatic heterocycles. The van der Waals surface area contributed by atoms with Crippen LogP contribution >= 0.6 is 11.8 Å². The number of fused-ring (bicyclic) bond motifs is 1. The van der Waals surface area contributed by atoms with E-state index in [0.717, 1.165) is 18.6 Å². The molecule has 2 rings (SSSR count). The molecule has 1 unspecified atom stereocenters. The third kappa shape index (κ3) is 2.53. The van der Waals surface area contributed by atoms with Crippen molar-refractivity contribution in [1.29, 1.82) is 0 Å². The number of aryl methyl sites for hydroxylation is 2. The fourth-order valence-corrected chi connectivity index (χ4v) is 3.13. The normalized spacial score (nSPS) is 19.1. The van der Waals surface area contributed by atoms with Gasteiger partial charge >= 0.3 is 0 Å². The average Bonchev–Trinajstić information content (AvgIpc) is 2.28. The Bertz CT molecular complexity index is 378. The zero-order valence-corrected chi connectivity index (χ0v) is 10.7. The van der Waals surface area contributed by atoms with E-state index in [2.05, 4.69) is 31.3 Å². The number of aliphatic hydroxyl groups is 1. The van der Waals surface area contributed by atoms with E-state index < -0.39 is 0 Å². The van der Waals surface area contributed by atoms with Gasteiger partial charge in [-0.05, 0) is 49.9 Å². The van der Waals surface area contributed by atoms with E-state index in [9.17, 15) is 0 Å². The topological polar surface area (TPSA) is 32.3 Å². The molecule has 0 bridgehead atoms. The molecule has 0 aliphatic carbocycles. The first-order chi connectivity index (χ1) is 7.70. The van der Waals surface area contributed by atoms with Crippen LogP contribution in [0.25, 0.3) is 0 Å². The van der Waals surface area contributed by atoms with Crippen LogP contribution in [0.3, 0.4) is 0 Å². The maximum Gasteiger partial charge on any atom is 0.0483 e. The Morgan fingerprint density at radius 2 is 2.12 bits per heavy atom. The second kappa shape index (κ2) is 5.11. The fourth-order valence-electron chi connectivity index (χ4n) is 1.97. The summed E-state index contributed by atoms with van der Waals surface area (Å²) in [6.07, 6.45) is 1.94. The average molecular weight is 237 g/mol. The lowest BCUT2D eigenvalue weighted by Gasteiger charge is -2.27. The third-order valence-corrected chi connectivity index (χ3v) is 4.32. The van der Waals surface area contributed by atoms with Crippen LogP contribution in [-0.2, 0) is 0 Å². The lowest BCUT2D eigenvalue weighted by atomic mass is 10.1. The summed E-state index contributed by atoms with van der Waals surface area (Å²) < 4.78 is 0. The van der Waals surface area contributed by atoms with Crippen molar-refractivity contribution in [3.63, 3.8) is 0 Å². The molecule has 2 nitrogen and oxygen atoms in total. The van der Waals surface area contributed by atoms with E-state index in [4.69, 9.17) is 5.11 Å². The monoisotopic (exact) mass is 237 g/mol. The molecule has 1 aliphatic rings. The molecule has 1 atom stereocenters. The van der Waals surface area contributed by atoms with Crippen LogP contribution < -0.4 is 5.32 Å². The highest BCUT2D eigenvalue weighted by molar-refractivity contribution is 7.99.